The smallest absolute Gasteiger partial charge is 0.263 e. The van der Waals surface area contributed by atoms with E-state index in [1.54, 1.807) is 7.11 Å². The summed E-state index contributed by atoms with van der Waals surface area (Å²) in [6.45, 7) is 2.61. The van der Waals surface area contributed by atoms with Crippen LogP contribution in [-0.4, -0.2) is 71.6 Å². The van der Waals surface area contributed by atoms with Crippen molar-refractivity contribution in [2.24, 2.45) is 0 Å². The zero-order chi connectivity index (χ0) is 22.1. The number of aromatic amines is 1. The second-order valence-electron chi connectivity index (χ2n) is 8.44. The summed E-state index contributed by atoms with van der Waals surface area (Å²) in [6, 6.07) is 11.8. The van der Waals surface area contributed by atoms with Crippen molar-refractivity contribution in [3.05, 3.63) is 46.8 Å². The molecule has 0 saturated carbocycles. The third kappa shape index (κ3) is 4.06. The van der Waals surface area contributed by atoms with E-state index in [0.717, 1.165) is 36.8 Å². The zero-order valence-electron chi connectivity index (χ0n) is 18.0. The van der Waals surface area contributed by atoms with Gasteiger partial charge in [-0.1, -0.05) is 24.3 Å². The third-order valence-electron chi connectivity index (χ3n) is 6.24. The molecule has 168 valence electrons. The highest BCUT2D eigenvalue weighted by Gasteiger charge is 2.33. The average molecular weight is 437 g/mol. The normalized spacial score (nSPS) is 23.6. The van der Waals surface area contributed by atoms with Crippen LogP contribution in [0.5, 0.6) is 0 Å². The average Bonchev–Trinajstić information content (AvgIpc) is 3.20. The molecule has 2 aliphatic heterocycles. The zero-order valence-corrected chi connectivity index (χ0v) is 18.0. The molecule has 3 aromatic rings. The summed E-state index contributed by atoms with van der Waals surface area (Å²) in [5.41, 5.74) is 1.56. The Hall–Kier alpha value is -3.01. The van der Waals surface area contributed by atoms with Crippen molar-refractivity contribution in [1.29, 1.82) is 0 Å². The van der Waals surface area contributed by atoms with Crippen LogP contribution in [0.1, 0.15) is 12.8 Å². The molecular formula is C23H28N6O3. The van der Waals surface area contributed by atoms with Gasteiger partial charge in [-0.05, 0) is 31.5 Å². The number of pyridine rings is 1. The maximum absolute atomic E-state index is 13.3. The molecule has 2 saturated heterocycles. The summed E-state index contributed by atoms with van der Waals surface area (Å²) >= 11 is 0. The van der Waals surface area contributed by atoms with E-state index in [-0.39, 0.29) is 17.7 Å². The van der Waals surface area contributed by atoms with E-state index < -0.39 is 6.10 Å². The Balaban J connectivity index is 1.57. The second-order valence-corrected chi connectivity index (χ2v) is 8.44. The maximum Gasteiger partial charge on any atom is 0.263 e. The van der Waals surface area contributed by atoms with E-state index in [1.165, 1.54) is 0 Å². The first kappa shape index (κ1) is 20.9. The summed E-state index contributed by atoms with van der Waals surface area (Å²) in [5, 5.41) is 18.1. The predicted molar refractivity (Wildman–Crippen MR) is 124 cm³/mol. The Labute approximate surface area is 185 Å². The lowest BCUT2D eigenvalue weighted by atomic mass is 10.1. The van der Waals surface area contributed by atoms with Crippen molar-refractivity contribution < 1.29 is 9.84 Å². The standard InChI is InChI=1S/C23H28N6O3/c1-32-19-13-29(12-18(19)30)23-27-21(25-15-6-4-10-24-11-15)20(22(31)28-23)17-9-8-14-5-2-3-7-16(14)26-17/h2-3,5,7-9,15,18-19,24,30H,4,6,10-13H2,1H3,(H2,25,27,28,31). The molecule has 9 nitrogen and oxygen atoms in total. The number of hydrogen-bond donors (Lipinski definition) is 4. The van der Waals surface area contributed by atoms with Crippen molar-refractivity contribution in [3.8, 4) is 11.3 Å². The van der Waals surface area contributed by atoms with Gasteiger partial charge in [-0.25, -0.2) is 4.98 Å². The highest BCUT2D eigenvalue weighted by molar-refractivity contribution is 5.83. The van der Waals surface area contributed by atoms with Crippen LogP contribution in [0, 0.1) is 0 Å². The van der Waals surface area contributed by atoms with Crippen molar-refractivity contribution >= 4 is 22.7 Å². The number of aliphatic hydroxyl groups excluding tert-OH is 1. The van der Waals surface area contributed by atoms with Crippen LogP contribution in [0.15, 0.2) is 41.2 Å². The van der Waals surface area contributed by atoms with Crippen molar-refractivity contribution in [3.63, 3.8) is 0 Å². The lowest BCUT2D eigenvalue weighted by Crippen LogP contribution is -2.39. The maximum atomic E-state index is 13.3. The van der Waals surface area contributed by atoms with Crippen LogP contribution in [-0.2, 0) is 4.74 Å². The van der Waals surface area contributed by atoms with Gasteiger partial charge in [0.15, 0.2) is 0 Å². The topological polar surface area (TPSA) is 115 Å². The van der Waals surface area contributed by atoms with Crippen LogP contribution >= 0.6 is 0 Å². The molecule has 0 bridgehead atoms. The lowest BCUT2D eigenvalue weighted by molar-refractivity contribution is 0.0217. The SMILES string of the molecule is COC1CN(c2nc(NC3CCCNC3)c(-c3ccc4ccccc4n3)c(=O)[nH]2)CC1O. The number of nitrogens with zero attached hydrogens (tertiary/aromatic N) is 3. The number of benzene rings is 1. The minimum Gasteiger partial charge on any atom is -0.388 e. The van der Waals surface area contributed by atoms with Gasteiger partial charge in [-0.2, -0.15) is 4.98 Å². The third-order valence-corrected chi connectivity index (χ3v) is 6.24. The quantitative estimate of drug-likeness (QED) is 0.474. The molecule has 1 aromatic carbocycles. The minimum atomic E-state index is -0.633. The first-order valence-electron chi connectivity index (χ1n) is 11.1. The molecule has 2 aliphatic rings. The van der Waals surface area contributed by atoms with E-state index >= 15 is 0 Å². The number of para-hydroxylation sites is 1. The molecule has 2 fully saturated rings. The number of piperidine rings is 1. The van der Waals surface area contributed by atoms with Crippen LogP contribution in [0.25, 0.3) is 22.2 Å². The molecule has 9 heteroatoms. The molecule has 5 rings (SSSR count). The summed E-state index contributed by atoms with van der Waals surface area (Å²) in [7, 11) is 1.57. The fourth-order valence-corrected chi connectivity index (χ4v) is 4.49. The van der Waals surface area contributed by atoms with Crippen LogP contribution in [0.2, 0.25) is 0 Å². The minimum absolute atomic E-state index is 0.168. The number of aliphatic hydroxyl groups is 1. The number of H-pyrrole nitrogens is 1. The molecular weight excluding hydrogens is 408 g/mol. The number of hydrogen-bond acceptors (Lipinski definition) is 8. The van der Waals surface area contributed by atoms with Gasteiger partial charge in [-0.15, -0.1) is 0 Å². The molecule has 4 heterocycles. The number of methoxy groups -OCH3 is 1. The van der Waals surface area contributed by atoms with Gasteiger partial charge < -0.3 is 25.4 Å². The van der Waals surface area contributed by atoms with Crippen LogP contribution < -0.4 is 21.1 Å². The molecule has 2 aromatic heterocycles. The van der Waals surface area contributed by atoms with Gasteiger partial charge in [0.25, 0.3) is 5.56 Å². The number of nitrogens with one attached hydrogen (secondary N) is 3. The highest BCUT2D eigenvalue weighted by Crippen LogP contribution is 2.27. The van der Waals surface area contributed by atoms with Gasteiger partial charge in [-0.3, -0.25) is 9.78 Å². The molecule has 0 spiro atoms. The Morgan fingerprint density at radius 3 is 2.84 bits per heavy atom. The van der Waals surface area contributed by atoms with Crippen LogP contribution in [0.4, 0.5) is 11.8 Å². The van der Waals surface area contributed by atoms with Gasteiger partial charge in [0.1, 0.15) is 17.5 Å². The lowest BCUT2D eigenvalue weighted by Gasteiger charge is -2.26. The number of β-amino-alcohol motifs (C(OH)–C–C–N with tert-alkyl or cyclic N) is 1. The van der Waals surface area contributed by atoms with Crippen molar-refractivity contribution in [2.75, 3.05) is 43.5 Å². The Morgan fingerprint density at radius 1 is 1.19 bits per heavy atom. The monoisotopic (exact) mass is 436 g/mol. The van der Waals surface area contributed by atoms with Crippen LogP contribution in [0.3, 0.4) is 0 Å². The number of anilines is 2. The van der Waals surface area contributed by atoms with Gasteiger partial charge in [0.2, 0.25) is 5.95 Å². The molecule has 4 N–H and O–H groups in total. The van der Waals surface area contributed by atoms with Crippen molar-refractivity contribution in [2.45, 2.75) is 31.1 Å². The summed E-state index contributed by atoms with van der Waals surface area (Å²) in [4.78, 5) is 27.6. The van der Waals surface area contributed by atoms with E-state index in [9.17, 15) is 9.90 Å². The molecule has 3 unspecified atom stereocenters. The number of aromatic nitrogens is 3. The number of fused-ring (bicyclic) bond motifs is 1. The number of rotatable bonds is 5. The molecule has 0 aliphatic carbocycles. The first-order valence-corrected chi connectivity index (χ1v) is 11.1. The Kier molecular flexibility index (Phi) is 5.77. The second kappa shape index (κ2) is 8.85. The molecule has 0 amide bonds. The van der Waals surface area contributed by atoms with Gasteiger partial charge >= 0.3 is 0 Å². The summed E-state index contributed by atoms with van der Waals surface area (Å²) in [5.74, 6) is 0.931. The van der Waals surface area contributed by atoms with Crippen molar-refractivity contribution in [1.82, 2.24) is 20.3 Å². The Bertz CT molecular complexity index is 1160. The Morgan fingerprint density at radius 2 is 2.06 bits per heavy atom. The fourth-order valence-electron chi connectivity index (χ4n) is 4.49. The molecule has 32 heavy (non-hydrogen) atoms. The van der Waals surface area contributed by atoms with Gasteiger partial charge in [0, 0.05) is 38.2 Å². The molecule has 0 radical (unpaired) electrons. The summed E-state index contributed by atoms with van der Waals surface area (Å²) in [6.07, 6.45) is 1.10. The van der Waals surface area contributed by atoms with Gasteiger partial charge in [0.05, 0.1) is 17.3 Å². The predicted octanol–water partition coefficient (Wildman–Crippen LogP) is 1.34. The molecule has 3 atom stereocenters. The van der Waals surface area contributed by atoms with E-state index in [4.69, 9.17) is 14.7 Å². The van der Waals surface area contributed by atoms with E-state index in [2.05, 4.69) is 15.6 Å². The largest absolute Gasteiger partial charge is 0.388 e. The number of ether oxygens (including phenoxy) is 1. The first-order chi connectivity index (χ1) is 15.6. The van der Waals surface area contributed by atoms with E-state index in [0.29, 0.717) is 36.1 Å². The highest BCUT2D eigenvalue weighted by atomic mass is 16.5. The summed E-state index contributed by atoms with van der Waals surface area (Å²) < 4.78 is 5.35. The van der Waals surface area contributed by atoms with E-state index in [1.807, 2.05) is 41.3 Å². The fraction of sp³-hybridized carbons (Fsp3) is 0.435.